The van der Waals surface area contributed by atoms with Crippen molar-refractivity contribution < 1.29 is 4.52 Å². The highest BCUT2D eigenvalue weighted by Crippen LogP contribution is 2.40. The van der Waals surface area contributed by atoms with E-state index in [0.29, 0.717) is 18.3 Å². The lowest BCUT2D eigenvalue weighted by Crippen LogP contribution is -2.30. The highest BCUT2D eigenvalue weighted by Gasteiger charge is 2.32. The van der Waals surface area contributed by atoms with E-state index in [1.54, 1.807) is 0 Å². The van der Waals surface area contributed by atoms with E-state index in [9.17, 15) is 0 Å². The normalized spacial score (nSPS) is 21.4. The fraction of sp³-hybridized carbons (Fsp3) is 0.571. The first-order chi connectivity index (χ1) is 8.94. The molecule has 1 aliphatic carbocycles. The molecule has 1 atom stereocenters. The van der Waals surface area contributed by atoms with Gasteiger partial charge in [-0.1, -0.05) is 19.0 Å². The van der Waals surface area contributed by atoms with Gasteiger partial charge < -0.3 is 14.8 Å². The Bertz CT molecular complexity index is 596. The van der Waals surface area contributed by atoms with Gasteiger partial charge in [-0.3, -0.25) is 0 Å². The summed E-state index contributed by atoms with van der Waals surface area (Å²) in [5.74, 6) is 1.32. The van der Waals surface area contributed by atoms with Gasteiger partial charge in [0, 0.05) is 17.9 Å². The van der Waals surface area contributed by atoms with Crippen molar-refractivity contribution in [3.8, 4) is 0 Å². The van der Waals surface area contributed by atoms with E-state index in [0.717, 1.165) is 12.8 Å². The van der Waals surface area contributed by atoms with Gasteiger partial charge in [0.2, 0.25) is 5.89 Å². The highest BCUT2D eigenvalue weighted by atomic mass is 16.5. The van der Waals surface area contributed by atoms with Crippen LogP contribution in [-0.4, -0.2) is 14.7 Å². The van der Waals surface area contributed by atoms with Crippen LogP contribution in [-0.2, 0) is 13.0 Å². The summed E-state index contributed by atoms with van der Waals surface area (Å²) in [5.41, 5.74) is 9.08. The van der Waals surface area contributed by atoms with E-state index in [4.69, 9.17) is 10.3 Å². The zero-order valence-corrected chi connectivity index (χ0v) is 11.7. The van der Waals surface area contributed by atoms with Gasteiger partial charge in [-0.25, -0.2) is 0 Å². The van der Waals surface area contributed by atoms with Crippen LogP contribution in [0.2, 0.25) is 0 Å². The minimum absolute atomic E-state index is 0.129. The summed E-state index contributed by atoms with van der Waals surface area (Å²) in [5, 5.41) is 3.83. The lowest BCUT2D eigenvalue weighted by molar-refractivity contribution is 0.274. The Morgan fingerprint density at radius 1 is 1.53 bits per heavy atom. The molecule has 0 saturated heterocycles. The van der Waals surface area contributed by atoms with Gasteiger partial charge >= 0.3 is 0 Å². The molecule has 0 radical (unpaired) electrons. The van der Waals surface area contributed by atoms with E-state index < -0.39 is 0 Å². The molecule has 5 heteroatoms. The molecule has 0 amide bonds. The second-order valence-corrected chi connectivity index (χ2v) is 6.23. The Hall–Kier alpha value is -1.62. The first-order valence-electron chi connectivity index (χ1n) is 6.67. The van der Waals surface area contributed by atoms with E-state index in [2.05, 4.69) is 40.8 Å². The minimum Gasteiger partial charge on any atom is -0.342 e. The highest BCUT2D eigenvalue weighted by molar-refractivity contribution is 5.30. The molecule has 102 valence electrons. The van der Waals surface area contributed by atoms with Crippen LogP contribution in [0.3, 0.4) is 0 Å². The second-order valence-electron chi connectivity index (χ2n) is 6.23. The van der Waals surface area contributed by atoms with Crippen molar-refractivity contribution in [3.63, 3.8) is 0 Å². The van der Waals surface area contributed by atoms with Crippen LogP contribution in [0.5, 0.6) is 0 Å². The van der Waals surface area contributed by atoms with Crippen LogP contribution in [0.25, 0.3) is 0 Å². The van der Waals surface area contributed by atoms with E-state index in [1.165, 1.54) is 11.3 Å². The van der Waals surface area contributed by atoms with Gasteiger partial charge in [0.05, 0.1) is 0 Å². The van der Waals surface area contributed by atoms with Gasteiger partial charge in [0.15, 0.2) is 5.82 Å². The molecule has 5 nitrogen and oxygen atoms in total. The summed E-state index contributed by atoms with van der Waals surface area (Å²) in [6.45, 7) is 6.99. The summed E-state index contributed by atoms with van der Waals surface area (Å²) >= 11 is 0. The van der Waals surface area contributed by atoms with Crippen molar-refractivity contribution in [3.05, 3.63) is 35.2 Å². The fourth-order valence-corrected chi connectivity index (χ4v) is 2.99. The number of aromatic nitrogens is 3. The maximum absolute atomic E-state index is 6.27. The molecule has 0 aliphatic heterocycles. The zero-order valence-electron chi connectivity index (χ0n) is 11.7. The monoisotopic (exact) mass is 260 g/mol. The van der Waals surface area contributed by atoms with Gasteiger partial charge in [0.25, 0.3) is 0 Å². The van der Waals surface area contributed by atoms with Crippen LogP contribution in [0.4, 0.5) is 0 Å². The van der Waals surface area contributed by atoms with Crippen molar-refractivity contribution >= 4 is 0 Å². The largest absolute Gasteiger partial charge is 0.342 e. The van der Waals surface area contributed by atoms with Crippen molar-refractivity contribution in [1.82, 2.24) is 14.7 Å². The second kappa shape index (κ2) is 4.20. The topological polar surface area (TPSA) is 69.9 Å². The molecule has 2 heterocycles. The number of hydrogen-bond acceptors (Lipinski definition) is 4. The van der Waals surface area contributed by atoms with Crippen molar-refractivity contribution in [2.75, 3.05) is 0 Å². The van der Waals surface area contributed by atoms with Crippen LogP contribution < -0.4 is 5.73 Å². The van der Waals surface area contributed by atoms with Gasteiger partial charge in [-0.05, 0) is 36.8 Å². The maximum atomic E-state index is 6.27. The minimum atomic E-state index is 0.129. The van der Waals surface area contributed by atoms with Crippen molar-refractivity contribution in [1.29, 1.82) is 0 Å². The number of fused-ring (bicyclic) bond motifs is 1. The molecule has 0 bridgehead atoms. The summed E-state index contributed by atoms with van der Waals surface area (Å²) in [4.78, 5) is 4.26. The molecular formula is C14H20N4O. The van der Waals surface area contributed by atoms with Crippen molar-refractivity contribution in [2.24, 2.45) is 11.1 Å². The van der Waals surface area contributed by atoms with Crippen LogP contribution in [0.1, 0.15) is 49.3 Å². The summed E-state index contributed by atoms with van der Waals surface area (Å²) in [6, 6.07) is 2.25. The van der Waals surface area contributed by atoms with Gasteiger partial charge in [0.1, 0.15) is 6.54 Å². The molecule has 1 unspecified atom stereocenters. The Labute approximate surface area is 112 Å². The molecule has 0 aromatic carbocycles. The third-order valence-electron chi connectivity index (χ3n) is 3.81. The predicted octanol–water partition coefficient (Wildman–Crippen LogP) is 2.20. The smallest absolute Gasteiger partial charge is 0.246 e. The third-order valence-corrected chi connectivity index (χ3v) is 3.81. The number of rotatable bonds is 2. The van der Waals surface area contributed by atoms with Crippen molar-refractivity contribution in [2.45, 2.75) is 46.2 Å². The SMILES string of the molecule is Cc1noc(Cn2ccc3c2CC(C)(C)CC3N)n1. The molecule has 2 aromatic heterocycles. The number of hydrogen-bond donors (Lipinski definition) is 1. The third kappa shape index (κ3) is 2.30. The average Bonchev–Trinajstić information content (AvgIpc) is 2.86. The maximum Gasteiger partial charge on any atom is 0.246 e. The Morgan fingerprint density at radius 2 is 2.32 bits per heavy atom. The van der Waals surface area contributed by atoms with E-state index in [1.807, 2.05) is 6.92 Å². The van der Waals surface area contributed by atoms with Gasteiger partial charge in [-0.2, -0.15) is 4.98 Å². The molecule has 0 fully saturated rings. The lowest BCUT2D eigenvalue weighted by atomic mass is 9.74. The predicted molar refractivity (Wildman–Crippen MR) is 71.6 cm³/mol. The lowest BCUT2D eigenvalue weighted by Gasteiger charge is -2.34. The summed E-state index contributed by atoms with van der Waals surface area (Å²) in [6.07, 6.45) is 4.14. The van der Waals surface area contributed by atoms with E-state index >= 15 is 0 Å². The quantitative estimate of drug-likeness (QED) is 0.898. The zero-order chi connectivity index (χ0) is 13.6. The standard InChI is InChI=1S/C14H20N4O/c1-9-16-13(19-17-9)8-18-5-4-10-11(15)6-14(2,3)7-12(10)18/h4-5,11H,6-8,15H2,1-3H3. The number of aryl methyl sites for hydroxylation is 1. The van der Waals surface area contributed by atoms with Gasteiger partial charge in [-0.15, -0.1) is 0 Å². The molecule has 3 rings (SSSR count). The molecule has 19 heavy (non-hydrogen) atoms. The molecule has 0 saturated carbocycles. The van der Waals surface area contributed by atoms with Crippen LogP contribution in [0.15, 0.2) is 16.8 Å². The first-order valence-corrected chi connectivity index (χ1v) is 6.67. The number of nitrogens with two attached hydrogens (primary N) is 1. The molecule has 2 N–H and O–H groups in total. The number of nitrogens with zero attached hydrogens (tertiary/aromatic N) is 3. The van der Waals surface area contributed by atoms with Crippen LogP contribution >= 0.6 is 0 Å². The average molecular weight is 260 g/mol. The fourth-order valence-electron chi connectivity index (χ4n) is 2.99. The summed E-state index contributed by atoms with van der Waals surface area (Å²) < 4.78 is 7.38. The van der Waals surface area contributed by atoms with E-state index in [-0.39, 0.29) is 11.5 Å². The molecule has 0 spiro atoms. The Kier molecular flexibility index (Phi) is 2.74. The summed E-state index contributed by atoms with van der Waals surface area (Å²) in [7, 11) is 0. The molecule has 2 aromatic rings. The molecule has 1 aliphatic rings. The Morgan fingerprint density at radius 3 is 3.00 bits per heavy atom. The first kappa shape index (κ1) is 12.4. The molecular weight excluding hydrogens is 240 g/mol. The Balaban J connectivity index is 1.92. The van der Waals surface area contributed by atoms with Crippen LogP contribution in [0, 0.1) is 12.3 Å².